The van der Waals surface area contributed by atoms with Gasteiger partial charge in [-0.3, -0.25) is 4.99 Å². The summed E-state index contributed by atoms with van der Waals surface area (Å²) in [4.78, 5) is 5.63. The molecule has 0 bridgehead atoms. The summed E-state index contributed by atoms with van der Waals surface area (Å²) in [5, 5.41) is 4.71. The second kappa shape index (κ2) is 9.47. The van der Waals surface area contributed by atoms with Crippen LogP contribution in [0.15, 0.2) is 71.9 Å². The number of thiocarbonyl (C=S) groups is 1. The average molecular weight is 464 g/mol. The summed E-state index contributed by atoms with van der Waals surface area (Å²) >= 11 is 5.64. The number of benzene rings is 3. The van der Waals surface area contributed by atoms with Crippen LogP contribution in [0.3, 0.4) is 0 Å². The lowest BCUT2D eigenvalue weighted by atomic mass is 9.88. The molecular weight excluding hydrogens is 434 g/mol. The van der Waals surface area contributed by atoms with Crippen molar-refractivity contribution in [2.75, 3.05) is 6.54 Å². The highest BCUT2D eigenvalue weighted by molar-refractivity contribution is 7.80. The third-order valence-electron chi connectivity index (χ3n) is 6.72. The molecule has 170 valence electrons. The molecule has 3 nitrogen and oxygen atoms in total. The van der Waals surface area contributed by atoms with Gasteiger partial charge in [0, 0.05) is 23.1 Å². The molecule has 1 aromatic heterocycles. The van der Waals surface area contributed by atoms with E-state index in [0.717, 1.165) is 35.4 Å². The van der Waals surface area contributed by atoms with Gasteiger partial charge in [0.1, 0.15) is 0 Å². The minimum Gasteiger partial charge on any atom is -0.287 e. The minimum absolute atomic E-state index is 0.577. The predicted molar refractivity (Wildman–Crippen MR) is 146 cm³/mol. The normalized spacial score (nSPS) is 12.6. The Labute approximate surface area is 207 Å². The molecule has 1 aliphatic rings. The largest absolute Gasteiger partial charge is 0.287 e. The molecule has 34 heavy (non-hydrogen) atoms. The fraction of sp³-hybridized carbons (Fsp3) is 0.233. The highest BCUT2D eigenvalue weighted by Crippen LogP contribution is 2.34. The highest BCUT2D eigenvalue weighted by atomic mass is 32.1. The second-order valence-corrected chi connectivity index (χ2v) is 9.80. The van der Waals surface area contributed by atoms with Gasteiger partial charge in [-0.2, -0.15) is 5.10 Å². The lowest BCUT2D eigenvalue weighted by Crippen LogP contribution is -2.09. The van der Waals surface area contributed by atoms with E-state index in [-0.39, 0.29) is 0 Å². The molecule has 3 aromatic carbocycles. The zero-order valence-electron chi connectivity index (χ0n) is 20.0. The highest BCUT2D eigenvalue weighted by Gasteiger charge is 2.21. The first-order chi connectivity index (χ1) is 16.5. The van der Waals surface area contributed by atoms with Gasteiger partial charge < -0.3 is 0 Å². The molecule has 0 saturated carbocycles. The molecule has 1 aliphatic carbocycles. The van der Waals surface area contributed by atoms with E-state index in [2.05, 4.69) is 91.1 Å². The molecule has 4 heteroatoms. The van der Waals surface area contributed by atoms with Crippen molar-refractivity contribution in [3.8, 4) is 16.8 Å². The van der Waals surface area contributed by atoms with Gasteiger partial charge in [0.15, 0.2) is 0 Å². The Hall–Kier alpha value is -3.37. The van der Waals surface area contributed by atoms with Crippen LogP contribution in [0.2, 0.25) is 0 Å². The topological polar surface area (TPSA) is 30.2 Å². The number of hydrogen-bond acceptors (Lipinski definition) is 3. The molecular formula is C30H29N3S. The molecule has 0 N–H and O–H groups in total. The van der Waals surface area contributed by atoms with Gasteiger partial charge in [-0.15, -0.1) is 0 Å². The smallest absolute Gasteiger partial charge is 0.0706 e. The van der Waals surface area contributed by atoms with E-state index in [4.69, 9.17) is 17.3 Å². The van der Waals surface area contributed by atoms with Crippen LogP contribution in [-0.4, -0.2) is 27.4 Å². The van der Waals surface area contributed by atoms with Crippen LogP contribution in [-0.2, 0) is 19.3 Å². The SMILES string of the molecule is Cc1ccc(-n2ncc3c2CCc2cc(C=NCC(=S)Cc4c(C)cccc4C)ccc2-3)cc1. The van der Waals surface area contributed by atoms with Crippen LogP contribution < -0.4 is 0 Å². The monoisotopic (exact) mass is 463 g/mol. The number of nitrogens with zero attached hydrogens (tertiary/aromatic N) is 3. The Morgan fingerprint density at radius 2 is 1.74 bits per heavy atom. The first-order valence-corrected chi connectivity index (χ1v) is 12.2. The molecule has 0 aliphatic heterocycles. The van der Waals surface area contributed by atoms with E-state index >= 15 is 0 Å². The maximum Gasteiger partial charge on any atom is 0.0706 e. The summed E-state index contributed by atoms with van der Waals surface area (Å²) in [6.45, 7) is 6.99. The van der Waals surface area contributed by atoms with E-state index in [1.54, 1.807) is 0 Å². The average Bonchev–Trinajstić information content (AvgIpc) is 3.26. The number of aryl methyl sites for hydroxylation is 4. The third kappa shape index (κ3) is 4.51. The van der Waals surface area contributed by atoms with E-state index in [0.29, 0.717) is 6.54 Å². The summed E-state index contributed by atoms with van der Waals surface area (Å²) in [5.74, 6) is 0. The number of fused-ring (bicyclic) bond motifs is 3. The zero-order chi connectivity index (χ0) is 23.7. The van der Waals surface area contributed by atoms with Crippen LogP contribution in [0, 0.1) is 20.8 Å². The minimum atomic E-state index is 0.577. The molecule has 1 heterocycles. The Bertz CT molecular complexity index is 1370. The van der Waals surface area contributed by atoms with Gasteiger partial charge in [0.25, 0.3) is 0 Å². The molecule has 0 spiro atoms. The number of aromatic nitrogens is 2. The van der Waals surface area contributed by atoms with Crippen molar-refractivity contribution in [3.05, 3.63) is 106 Å². The van der Waals surface area contributed by atoms with Crippen molar-refractivity contribution >= 4 is 23.3 Å². The Morgan fingerprint density at radius 3 is 2.50 bits per heavy atom. The molecule has 0 radical (unpaired) electrons. The van der Waals surface area contributed by atoms with Gasteiger partial charge in [-0.1, -0.05) is 60.2 Å². The maximum atomic E-state index is 5.64. The zero-order valence-corrected chi connectivity index (χ0v) is 20.8. The lowest BCUT2D eigenvalue weighted by molar-refractivity contribution is 0.781. The van der Waals surface area contributed by atoms with Gasteiger partial charge in [-0.05, 0) is 85.2 Å². The maximum absolute atomic E-state index is 5.64. The van der Waals surface area contributed by atoms with Crippen LogP contribution >= 0.6 is 12.2 Å². The van der Waals surface area contributed by atoms with Crippen LogP contribution in [0.4, 0.5) is 0 Å². The summed E-state index contributed by atoms with van der Waals surface area (Å²) in [7, 11) is 0. The van der Waals surface area contributed by atoms with Crippen molar-refractivity contribution in [3.63, 3.8) is 0 Å². The van der Waals surface area contributed by atoms with Crippen LogP contribution in [0.1, 0.15) is 39.1 Å². The predicted octanol–water partition coefficient (Wildman–Crippen LogP) is 6.59. The molecule has 0 fully saturated rings. The van der Waals surface area contributed by atoms with Gasteiger partial charge in [0.05, 0.1) is 24.1 Å². The molecule has 5 rings (SSSR count). The fourth-order valence-electron chi connectivity index (χ4n) is 4.80. The molecule has 0 saturated heterocycles. The van der Waals surface area contributed by atoms with E-state index < -0.39 is 0 Å². The number of aliphatic imine (C=N–C) groups is 1. The van der Waals surface area contributed by atoms with Gasteiger partial charge in [-0.25, -0.2) is 4.68 Å². The second-order valence-electron chi connectivity index (χ2n) is 9.22. The number of rotatable bonds is 6. The Balaban J connectivity index is 1.30. The summed E-state index contributed by atoms with van der Waals surface area (Å²) in [5.41, 5.74) is 12.6. The van der Waals surface area contributed by atoms with Gasteiger partial charge in [0.2, 0.25) is 0 Å². The van der Waals surface area contributed by atoms with Crippen LogP contribution in [0.5, 0.6) is 0 Å². The molecule has 0 unspecified atom stereocenters. The Kier molecular flexibility index (Phi) is 6.25. The van der Waals surface area contributed by atoms with Gasteiger partial charge >= 0.3 is 0 Å². The summed E-state index contributed by atoms with van der Waals surface area (Å²) in [6, 6.07) is 21.6. The van der Waals surface area contributed by atoms with E-state index in [1.165, 1.54) is 44.6 Å². The van der Waals surface area contributed by atoms with Crippen molar-refractivity contribution < 1.29 is 0 Å². The van der Waals surface area contributed by atoms with E-state index in [1.807, 2.05) is 12.4 Å². The van der Waals surface area contributed by atoms with E-state index in [9.17, 15) is 0 Å². The van der Waals surface area contributed by atoms with Crippen molar-refractivity contribution in [2.45, 2.75) is 40.0 Å². The summed E-state index contributed by atoms with van der Waals surface area (Å²) in [6.07, 6.45) is 6.77. The van der Waals surface area contributed by atoms with Crippen molar-refractivity contribution in [1.82, 2.24) is 9.78 Å². The molecule has 0 amide bonds. The van der Waals surface area contributed by atoms with Crippen LogP contribution in [0.25, 0.3) is 16.8 Å². The molecule has 0 atom stereocenters. The first-order valence-electron chi connectivity index (χ1n) is 11.8. The van der Waals surface area contributed by atoms with Crippen molar-refractivity contribution in [1.29, 1.82) is 0 Å². The molecule has 4 aromatic rings. The summed E-state index contributed by atoms with van der Waals surface area (Å²) < 4.78 is 2.09. The quantitative estimate of drug-likeness (QED) is 0.238. The third-order valence-corrected chi connectivity index (χ3v) is 7.00. The first kappa shape index (κ1) is 22.4. The Morgan fingerprint density at radius 1 is 0.971 bits per heavy atom. The fourth-order valence-corrected chi connectivity index (χ4v) is 5.02. The number of hydrogen-bond donors (Lipinski definition) is 0. The van der Waals surface area contributed by atoms with Crippen molar-refractivity contribution in [2.24, 2.45) is 4.99 Å². The lowest BCUT2D eigenvalue weighted by Gasteiger charge is -2.18. The standard InChI is InChI=1S/C30H29N3S/c1-20-7-11-25(12-8-20)33-30-14-10-24-15-23(9-13-27(24)29(30)19-32-33)17-31-18-26(34)16-28-21(2)5-4-6-22(28)3/h4-9,11-13,15,17,19H,10,14,16,18H2,1-3H3.